The summed E-state index contributed by atoms with van der Waals surface area (Å²) in [6.45, 7) is 6.57. The van der Waals surface area contributed by atoms with Crippen LogP contribution in [0.2, 0.25) is 0 Å². The zero-order valence-corrected chi connectivity index (χ0v) is 10.6. The number of ether oxygens (including phenoxy) is 1. The first-order chi connectivity index (χ1) is 7.83. The molecule has 1 aliphatic rings. The lowest BCUT2D eigenvalue weighted by Crippen LogP contribution is -2.43. The highest BCUT2D eigenvalue weighted by Gasteiger charge is 2.29. The minimum Gasteiger partial charge on any atom is -0.444 e. The van der Waals surface area contributed by atoms with Crippen LogP contribution < -0.4 is 0 Å². The molecule has 1 rings (SSSR count). The van der Waals surface area contributed by atoms with Gasteiger partial charge in [-0.3, -0.25) is 0 Å². The lowest BCUT2D eigenvalue weighted by Gasteiger charge is -2.33. The van der Waals surface area contributed by atoms with Gasteiger partial charge in [0.25, 0.3) is 0 Å². The summed E-state index contributed by atoms with van der Waals surface area (Å²) in [7, 11) is 0. The molecule has 1 amide bonds. The molecule has 17 heavy (non-hydrogen) atoms. The number of likely N-dealkylation sites (tertiary alicyclic amines) is 1. The Morgan fingerprint density at radius 3 is 2.41 bits per heavy atom. The van der Waals surface area contributed by atoms with Crippen LogP contribution in [-0.4, -0.2) is 40.9 Å². The Hall–Kier alpha value is -1.28. The van der Waals surface area contributed by atoms with Crippen LogP contribution in [0.25, 0.3) is 0 Å². The summed E-state index contributed by atoms with van der Waals surface area (Å²) >= 11 is 0. The van der Waals surface area contributed by atoms with Crippen LogP contribution in [0.15, 0.2) is 0 Å². The van der Waals surface area contributed by atoms with E-state index in [1.54, 1.807) is 4.90 Å². The molecule has 1 unspecified atom stereocenters. The third kappa shape index (κ3) is 4.23. The molecule has 0 bridgehead atoms. The van der Waals surface area contributed by atoms with Crippen molar-refractivity contribution in [3.8, 4) is 6.07 Å². The maximum atomic E-state index is 11.7. The highest BCUT2D eigenvalue weighted by molar-refractivity contribution is 5.68. The molecule has 0 aromatic heterocycles. The SMILES string of the molecule is CC(C)(C)OC(=O)N1CCC(C(O)C#N)CC1. The van der Waals surface area contributed by atoms with Crippen molar-refractivity contribution < 1.29 is 14.6 Å². The Bertz CT molecular complexity index is 309. The van der Waals surface area contributed by atoms with E-state index in [0.29, 0.717) is 25.9 Å². The van der Waals surface area contributed by atoms with Crippen molar-refractivity contribution >= 4 is 6.09 Å². The molecule has 1 N–H and O–H groups in total. The first-order valence-corrected chi connectivity index (χ1v) is 5.89. The van der Waals surface area contributed by atoms with Gasteiger partial charge < -0.3 is 14.7 Å². The number of hydrogen-bond donors (Lipinski definition) is 1. The van der Waals surface area contributed by atoms with Crippen molar-refractivity contribution in [2.75, 3.05) is 13.1 Å². The van der Waals surface area contributed by atoms with Crippen LogP contribution in [-0.2, 0) is 4.74 Å². The molecular weight excluding hydrogens is 220 g/mol. The summed E-state index contributed by atoms with van der Waals surface area (Å²) in [4.78, 5) is 13.4. The van der Waals surface area contributed by atoms with Gasteiger partial charge in [0, 0.05) is 19.0 Å². The molecule has 1 heterocycles. The van der Waals surface area contributed by atoms with Gasteiger partial charge >= 0.3 is 6.09 Å². The molecule has 0 aromatic rings. The molecule has 5 nitrogen and oxygen atoms in total. The predicted octanol–water partition coefficient (Wildman–Crippen LogP) is 1.52. The number of amides is 1. The summed E-state index contributed by atoms with van der Waals surface area (Å²) in [6, 6.07) is 1.84. The molecule has 1 aliphatic heterocycles. The van der Waals surface area contributed by atoms with E-state index in [1.165, 1.54) is 0 Å². The summed E-state index contributed by atoms with van der Waals surface area (Å²) in [5, 5.41) is 18.0. The quantitative estimate of drug-likeness (QED) is 0.705. The van der Waals surface area contributed by atoms with Gasteiger partial charge in [0.1, 0.15) is 11.7 Å². The van der Waals surface area contributed by atoms with E-state index in [-0.39, 0.29) is 12.0 Å². The molecule has 0 aromatic carbocycles. The third-order valence-electron chi connectivity index (χ3n) is 2.77. The first-order valence-electron chi connectivity index (χ1n) is 5.89. The number of nitriles is 1. The van der Waals surface area contributed by atoms with Crippen LogP contribution in [0.4, 0.5) is 4.79 Å². The van der Waals surface area contributed by atoms with Crippen molar-refractivity contribution in [3.05, 3.63) is 0 Å². The zero-order valence-electron chi connectivity index (χ0n) is 10.6. The molecule has 0 spiro atoms. The van der Waals surface area contributed by atoms with Gasteiger partial charge in [-0.15, -0.1) is 0 Å². The van der Waals surface area contributed by atoms with Crippen LogP contribution >= 0.6 is 0 Å². The fourth-order valence-corrected chi connectivity index (χ4v) is 1.83. The van der Waals surface area contributed by atoms with Crippen LogP contribution in [0.1, 0.15) is 33.6 Å². The van der Waals surface area contributed by atoms with Crippen molar-refractivity contribution in [2.45, 2.75) is 45.3 Å². The number of aliphatic hydroxyl groups is 1. The number of aliphatic hydroxyl groups excluding tert-OH is 1. The minimum absolute atomic E-state index is 0.0290. The lowest BCUT2D eigenvalue weighted by atomic mass is 9.92. The molecule has 5 heteroatoms. The van der Waals surface area contributed by atoms with Crippen LogP contribution in [0.5, 0.6) is 0 Å². The molecule has 96 valence electrons. The maximum Gasteiger partial charge on any atom is 0.410 e. The average molecular weight is 240 g/mol. The highest BCUT2D eigenvalue weighted by Crippen LogP contribution is 2.22. The molecule has 1 saturated heterocycles. The number of piperidine rings is 1. The Morgan fingerprint density at radius 1 is 1.47 bits per heavy atom. The summed E-state index contributed by atoms with van der Waals surface area (Å²) < 4.78 is 5.26. The fraction of sp³-hybridized carbons (Fsp3) is 0.833. The Kier molecular flexibility index (Phi) is 4.35. The molecule has 0 saturated carbocycles. The van der Waals surface area contributed by atoms with Gasteiger partial charge in [-0.05, 0) is 33.6 Å². The third-order valence-corrected chi connectivity index (χ3v) is 2.77. The van der Waals surface area contributed by atoms with Crippen molar-refractivity contribution in [3.63, 3.8) is 0 Å². The van der Waals surface area contributed by atoms with E-state index in [2.05, 4.69) is 0 Å². The standard InChI is InChI=1S/C12H20N2O3/c1-12(2,3)17-11(16)14-6-4-9(5-7-14)10(15)8-13/h9-10,15H,4-7H2,1-3H3. The number of hydrogen-bond acceptors (Lipinski definition) is 4. The van der Waals surface area contributed by atoms with Gasteiger partial charge in [-0.2, -0.15) is 5.26 Å². The molecule has 0 aliphatic carbocycles. The summed E-state index contributed by atoms with van der Waals surface area (Å²) in [6.07, 6.45) is 0.0558. The minimum atomic E-state index is -0.921. The monoisotopic (exact) mass is 240 g/mol. The largest absolute Gasteiger partial charge is 0.444 e. The number of carbonyl (C=O) groups is 1. The van der Waals surface area contributed by atoms with Gasteiger partial charge in [-0.25, -0.2) is 4.79 Å². The number of rotatable bonds is 1. The van der Waals surface area contributed by atoms with E-state index in [4.69, 9.17) is 10.00 Å². The Labute approximate surface area is 102 Å². The Balaban J connectivity index is 2.42. The van der Waals surface area contributed by atoms with Gasteiger partial charge in [0.15, 0.2) is 0 Å². The fourth-order valence-electron chi connectivity index (χ4n) is 1.83. The smallest absolute Gasteiger partial charge is 0.410 e. The van der Waals surface area contributed by atoms with E-state index in [0.717, 1.165) is 0 Å². The van der Waals surface area contributed by atoms with Crippen LogP contribution in [0.3, 0.4) is 0 Å². The molecule has 1 atom stereocenters. The maximum absolute atomic E-state index is 11.7. The molecular formula is C12H20N2O3. The number of carbonyl (C=O) groups excluding carboxylic acids is 1. The second-order valence-electron chi connectivity index (χ2n) is 5.38. The van der Waals surface area contributed by atoms with Gasteiger partial charge in [0.2, 0.25) is 0 Å². The normalized spacial score (nSPS) is 19.6. The Morgan fingerprint density at radius 2 is 2.00 bits per heavy atom. The van der Waals surface area contributed by atoms with Gasteiger partial charge in [-0.1, -0.05) is 0 Å². The topological polar surface area (TPSA) is 73.6 Å². The second-order valence-corrected chi connectivity index (χ2v) is 5.38. The van der Waals surface area contributed by atoms with Crippen molar-refractivity contribution in [1.82, 2.24) is 4.90 Å². The average Bonchev–Trinajstić information content (AvgIpc) is 2.26. The first kappa shape index (κ1) is 13.8. The van der Waals surface area contributed by atoms with E-state index < -0.39 is 11.7 Å². The predicted molar refractivity (Wildman–Crippen MR) is 62.2 cm³/mol. The second kappa shape index (κ2) is 5.37. The van der Waals surface area contributed by atoms with Gasteiger partial charge in [0.05, 0.1) is 6.07 Å². The van der Waals surface area contributed by atoms with E-state index in [1.807, 2.05) is 26.8 Å². The van der Waals surface area contributed by atoms with E-state index >= 15 is 0 Å². The van der Waals surface area contributed by atoms with Crippen molar-refractivity contribution in [2.24, 2.45) is 5.92 Å². The summed E-state index contributed by atoms with van der Waals surface area (Å²) in [5.74, 6) is -0.0290. The molecule has 0 radical (unpaired) electrons. The summed E-state index contributed by atoms with van der Waals surface area (Å²) in [5.41, 5.74) is -0.486. The number of nitrogens with zero attached hydrogens (tertiary/aromatic N) is 2. The van der Waals surface area contributed by atoms with Crippen molar-refractivity contribution in [1.29, 1.82) is 5.26 Å². The van der Waals surface area contributed by atoms with E-state index in [9.17, 15) is 9.90 Å². The van der Waals surface area contributed by atoms with Crippen LogP contribution in [0, 0.1) is 17.2 Å². The molecule has 1 fully saturated rings. The highest BCUT2D eigenvalue weighted by atomic mass is 16.6. The lowest BCUT2D eigenvalue weighted by molar-refractivity contribution is 0.0127. The zero-order chi connectivity index (χ0) is 13.1.